The Morgan fingerprint density at radius 2 is 2.15 bits per heavy atom. The molecule has 1 aromatic carbocycles. The van der Waals surface area contributed by atoms with Crippen LogP contribution in [-0.4, -0.2) is 24.7 Å². The Labute approximate surface area is 127 Å². The number of ether oxygens (including phenoxy) is 1. The molecule has 0 aliphatic heterocycles. The SMILES string of the molecule is COc1ccc(C(N)=S)c(N(CCC(C)C)C2CC2)c1. The average molecular weight is 292 g/mol. The highest BCUT2D eigenvalue weighted by Crippen LogP contribution is 2.36. The Morgan fingerprint density at radius 1 is 1.45 bits per heavy atom. The molecule has 0 bridgehead atoms. The topological polar surface area (TPSA) is 38.5 Å². The zero-order chi connectivity index (χ0) is 14.7. The van der Waals surface area contributed by atoms with Gasteiger partial charge < -0.3 is 15.4 Å². The summed E-state index contributed by atoms with van der Waals surface area (Å²) in [6, 6.07) is 6.59. The lowest BCUT2D eigenvalue weighted by Crippen LogP contribution is -2.30. The Bertz CT molecular complexity index is 483. The molecule has 0 heterocycles. The minimum Gasteiger partial charge on any atom is -0.497 e. The first-order chi connectivity index (χ1) is 9.52. The van der Waals surface area contributed by atoms with Crippen LogP contribution in [0.4, 0.5) is 5.69 Å². The fourth-order valence-electron chi connectivity index (χ4n) is 2.37. The van der Waals surface area contributed by atoms with Crippen molar-refractivity contribution >= 4 is 22.9 Å². The quantitative estimate of drug-likeness (QED) is 0.782. The van der Waals surface area contributed by atoms with Crippen LogP contribution in [0, 0.1) is 5.92 Å². The number of thiocarbonyl (C=S) groups is 1. The molecule has 4 heteroatoms. The first kappa shape index (κ1) is 15.1. The Morgan fingerprint density at radius 3 is 2.65 bits per heavy atom. The van der Waals surface area contributed by atoms with Crippen molar-refractivity contribution in [3.8, 4) is 5.75 Å². The lowest BCUT2D eigenvalue weighted by atomic mass is 10.1. The monoisotopic (exact) mass is 292 g/mol. The number of nitrogens with two attached hydrogens (primary N) is 1. The molecule has 1 aliphatic carbocycles. The van der Waals surface area contributed by atoms with E-state index in [2.05, 4.69) is 24.8 Å². The van der Waals surface area contributed by atoms with Gasteiger partial charge in [-0.1, -0.05) is 26.1 Å². The van der Waals surface area contributed by atoms with Crippen molar-refractivity contribution in [1.29, 1.82) is 0 Å². The molecule has 2 N–H and O–H groups in total. The average Bonchev–Trinajstić information content (AvgIpc) is 3.22. The van der Waals surface area contributed by atoms with E-state index in [0.717, 1.165) is 23.5 Å². The second-order valence-corrected chi connectivity index (χ2v) is 6.29. The van der Waals surface area contributed by atoms with Gasteiger partial charge in [-0.2, -0.15) is 0 Å². The van der Waals surface area contributed by atoms with Crippen molar-refractivity contribution in [3.05, 3.63) is 23.8 Å². The molecule has 3 nitrogen and oxygen atoms in total. The third kappa shape index (κ3) is 3.63. The van der Waals surface area contributed by atoms with Crippen LogP contribution in [0.3, 0.4) is 0 Å². The maximum absolute atomic E-state index is 5.88. The maximum Gasteiger partial charge on any atom is 0.120 e. The Kier molecular flexibility index (Phi) is 4.86. The number of anilines is 1. The standard InChI is InChI=1S/C16H24N2OS/c1-11(2)8-9-18(12-4-5-12)15-10-13(19-3)6-7-14(15)16(17)20/h6-7,10-12H,4-5,8-9H2,1-3H3,(H2,17,20). The van der Waals surface area contributed by atoms with Crippen molar-refractivity contribution in [2.45, 2.75) is 39.2 Å². The van der Waals surface area contributed by atoms with E-state index in [4.69, 9.17) is 22.7 Å². The van der Waals surface area contributed by atoms with Gasteiger partial charge in [-0.15, -0.1) is 0 Å². The third-order valence-corrected chi connectivity index (χ3v) is 3.93. The van der Waals surface area contributed by atoms with Gasteiger partial charge in [-0.25, -0.2) is 0 Å². The van der Waals surface area contributed by atoms with E-state index in [-0.39, 0.29) is 0 Å². The molecular formula is C16H24N2OS. The summed E-state index contributed by atoms with van der Waals surface area (Å²) < 4.78 is 5.35. The fraction of sp³-hybridized carbons (Fsp3) is 0.562. The van der Waals surface area contributed by atoms with Crippen LogP contribution < -0.4 is 15.4 Å². The van der Waals surface area contributed by atoms with Crippen molar-refractivity contribution in [3.63, 3.8) is 0 Å². The van der Waals surface area contributed by atoms with E-state index < -0.39 is 0 Å². The highest BCUT2D eigenvalue weighted by atomic mass is 32.1. The van der Waals surface area contributed by atoms with Crippen molar-refractivity contribution < 1.29 is 4.74 Å². The van der Waals surface area contributed by atoms with Crippen LogP contribution in [-0.2, 0) is 0 Å². The summed E-state index contributed by atoms with van der Waals surface area (Å²) in [5.41, 5.74) is 7.96. The van der Waals surface area contributed by atoms with Gasteiger partial charge in [0.05, 0.1) is 12.8 Å². The first-order valence-electron chi connectivity index (χ1n) is 7.27. The molecule has 110 valence electrons. The molecule has 2 rings (SSSR count). The first-order valence-corrected chi connectivity index (χ1v) is 7.68. The normalized spacial score (nSPS) is 14.4. The van der Waals surface area contributed by atoms with Crippen molar-refractivity contribution in [1.82, 2.24) is 0 Å². The van der Waals surface area contributed by atoms with Crippen LogP contribution >= 0.6 is 12.2 Å². The number of hydrogen-bond acceptors (Lipinski definition) is 3. The largest absolute Gasteiger partial charge is 0.497 e. The van der Waals surface area contributed by atoms with E-state index in [1.54, 1.807) is 7.11 Å². The summed E-state index contributed by atoms with van der Waals surface area (Å²) in [6.07, 6.45) is 3.68. The van der Waals surface area contributed by atoms with Gasteiger partial charge in [-0.3, -0.25) is 0 Å². The summed E-state index contributed by atoms with van der Waals surface area (Å²) in [4.78, 5) is 2.91. The van der Waals surface area contributed by atoms with Crippen molar-refractivity contribution in [2.24, 2.45) is 11.7 Å². The van der Waals surface area contributed by atoms with Crippen LogP contribution in [0.15, 0.2) is 18.2 Å². The van der Waals surface area contributed by atoms with Crippen LogP contribution in [0.25, 0.3) is 0 Å². The van der Waals surface area contributed by atoms with Crippen molar-refractivity contribution in [2.75, 3.05) is 18.6 Å². The molecule has 0 spiro atoms. The zero-order valence-electron chi connectivity index (χ0n) is 12.6. The van der Waals surface area contributed by atoms with E-state index >= 15 is 0 Å². The van der Waals surface area contributed by atoms with E-state index in [1.165, 1.54) is 19.3 Å². The van der Waals surface area contributed by atoms with Crippen LogP contribution in [0.1, 0.15) is 38.7 Å². The Balaban J connectivity index is 2.32. The van der Waals surface area contributed by atoms with Gasteiger partial charge in [0.1, 0.15) is 10.7 Å². The minimum atomic E-state index is 0.456. The molecular weight excluding hydrogens is 268 g/mol. The van der Waals surface area contributed by atoms with Gasteiger partial charge in [0.2, 0.25) is 0 Å². The molecule has 0 amide bonds. The highest BCUT2D eigenvalue weighted by molar-refractivity contribution is 7.80. The van der Waals surface area contributed by atoms with E-state index in [1.807, 2.05) is 12.1 Å². The molecule has 0 atom stereocenters. The van der Waals surface area contributed by atoms with Gasteiger partial charge in [0, 0.05) is 24.2 Å². The number of benzene rings is 1. The molecule has 0 unspecified atom stereocenters. The summed E-state index contributed by atoms with van der Waals surface area (Å²) >= 11 is 5.20. The summed E-state index contributed by atoms with van der Waals surface area (Å²) in [7, 11) is 1.69. The molecule has 1 aliphatic rings. The molecule has 0 aromatic heterocycles. The summed E-state index contributed by atoms with van der Waals surface area (Å²) in [5.74, 6) is 1.55. The number of rotatable bonds is 7. The lowest BCUT2D eigenvalue weighted by Gasteiger charge is -2.28. The lowest BCUT2D eigenvalue weighted by molar-refractivity contribution is 0.414. The zero-order valence-corrected chi connectivity index (χ0v) is 13.4. The van der Waals surface area contributed by atoms with Gasteiger partial charge in [-0.05, 0) is 37.3 Å². The predicted octanol–water partition coefficient (Wildman–Crippen LogP) is 3.34. The van der Waals surface area contributed by atoms with E-state index in [9.17, 15) is 0 Å². The van der Waals surface area contributed by atoms with Crippen LogP contribution in [0.5, 0.6) is 5.75 Å². The molecule has 1 fully saturated rings. The summed E-state index contributed by atoms with van der Waals surface area (Å²) in [6.45, 7) is 5.56. The highest BCUT2D eigenvalue weighted by Gasteiger charge is 2.30. The predicted molar refractivity (Wildman–Crippen MR) is 88.7 cm³/mol. The molecule has 0 saturated heterocycles. The van der Waals surface area contributed by atoms with Crippen LogP contribution in [0.2, 0.25) is 0 Å². The van der Waals surface area contributed by atoms with E-state index in [0.29, 0.717) is 16.9 Å². The molecule has 1 aromatic rings. The number of nitrogens with zero attached hydrogens (tertiary/aromatic N) is 1. The van der Waals surface area contributed by atoms with Gasteiger partial charge >= 0.3 is 0 Å². The fourth-order valence-corrected chi connectivity index (χ4v) is 2.54. The second-order valence-electron chi connectivity index (χ2n) is 5.85. The number of hydrogen-bond donors (Lipinski definition) is 1. The second kappa shape index (κ2) is 6.44. The molecule has 20 heavy (non-hydrogen) atoms. The van der Waals surface area contributed by atoms with Gasteiger partial charge in [0.25, 0.3) is 0 Å². The summed E-state index contributed by atoms with van der Waals surface area (Å²) in [5, 5.41) is 0. The smallest absolute Gasteiger partial charge is 0.120 e. The minimum absolute atomic E-state index is 0.456. The maximum atomic E-state index is 5.88. The molecule has 1 saturated carbocycles. The Hall–Kier alpha value is -1.29. The number of methoxy groups -OCH3 is 1. The van der Waals surface area contributed by atoms with Gasteiger partial charge in [0.15, 0.2) is 0 Å². The third-order valence-electron chi connectivity index (χ3n) is 3.71. The molecule has 0 radical (unpaired) electrons.